The van der Waals surface area contributed by atoms with Crippen LogP contribution in [0.3, 0.4) is 0 Å². The van der Waals surface area contributed by atoms with Gasteiger partial charge in [0.1, 0.15) is 12.0 Å². The molecule has 0 saturated heterocycles. The zero-order chi connectivity index (χ0) is 12.3. The molecule has 0 amide bonds. The van der Waals surface area contributed by atoms with Crippen molar-refractivity contribution in [3.05, 3.63) is 29.3 Å². The third-order valence-corrected chi connectivity index (χ3v) is 1.57. The summed E-state index contributed by atoms with van der Waals surface area (Å²) < 4.78 is 63.4. The van der Waals surface area contributed by atoms with Crippen molar-refractivity contribution < 1.29 is 31.5 Å². The van der Waals surface area contributed by atoms with Crippen LogP contribution in [0.15, 0.2) is 18.2 Å². The highest BCUT2D eigenvalue weighted by atomic mass is 19.4. The minimum absolute atomic E-state index is 0.162. The summed E-state index contributed by atoms with van der Waals surface area (Å²) in [5.74, 6) is -0.840. The molecule has 0 aliphatic rings. The summed E-state index contributed by atoms with van der Waals surface area (Å²) in [4.78, 5) is 10.3. The molecule has 0 N–H and O–H groups in total. The lowest BCUT2D eigenvalue weighted by atomic mass is 10.1. The van der Waals surface area contributed by atoms with Crippen molar-refractivity contribution >= 4 is 6.29 Å². The third-order valence-electron chi connectivity index (χ3n) is 1.57. The van der Waals surface area contributed by atoms with Crippen molar-refractivity contribution in [2.24, 2.45) is 0 Å². The van der Waals surface area contributed by atoms with Crippen LogP contribution in [0.4, 0.5) is 22.0 Å². The van der Waals surface area contributed by atoms with Gasteiger partial charge in [0.15, 0.2) is 0 Å². The molecule has 0 radical (unpaired) electrons. The van der Waals surface area contributed by atoms with Crippen molar-refractivity contribution in [2.75, 3.05) is 0 Å². The quantitative estimate of drug-likeness (QED) is 0.598. The van der Waals surface area contributed by atoms with E-state index in [1.54, 1.807) is 0 Å². The van der Waals surface area contributed by atoms with Crippen LogP contribution >= 0.6 is 0 Å². The minimum Gasteiger partial charge on any atom is -0.406 e. The Labute approximate surface area is 86.6 Å². The second kappa shape index (κ2) is 4.46. The molecule has 0 aromatic heterocycles. The van der Waals surface area contributed by atoms with Crippen LogP contribution < -0.4 is 4.74 Å². The van der Waals surface area contributed by atoms with Gasteiger partial charge in [0.05, 0.1) is 0 Å². The molecule has 0 spiro atoms. The van der Waals surface area contributed by atoms with Gasteiger partial charge < -0.3 is 4.74 Å². The van der Waals surface area contributed by atoms with Crippen LogP contribution in [0.1, 0.15) is 22.3 Å². The molecule has 0 saturated carbocycles. The van der Waals surface area contributed by atoms with Crippen LogP contribution in [0.25, 0.3) is 0 Å². The van der Waals surface area contributed by atoms with Gasteiger partial charge >= 0.3 is 6.36 Å². The smallest absolute Gasteiger partial charge is 0.406 e. The molecule has 1 rings (SSSR count). The fraction of sp³-hybridized carbons (Fsp3) is 0.222. The van der Waals surface area contributed by atoms with Crippen molar-refractivity contribution in [1.29, 1.82) is 0 Å². The third kappa shape index (κ3) is 3.48. The number of hydrogen-bond donors (Lipinski definition) is 0. The highest BCUT2D eigenvalue weighted by Gasteiger charge is 2.31. The van der Waals surface area contributed by atoms with Gasteiger partial charge in [-0.25, -0.2) is 8.78 Å². The van der Waals surface area contributed by atoms with E-state index in [-0.39, 0.29) is 11.8 Å². The van der Waals surface area contributed by atoms with Gasteiger partial charge in [0.25, 0.3) is 6.43 Å². The molecule has 16 heavy (non-hydrogen) atoms. The lowest BCUT2D eigenvalue weighted by Gasteiger charge is -2.10. The predicted molar refractivity (Wildman–Crippen MR) is 43.5 cm³/mol. The average Bonchev–Trinajstić information content (AvgIpc) is 2.14. The van der Waals surface area contributed by atoms with Crippen LogP contribution in [0.5, 0.6) is 5.75 Å². The molecule has 2 nitrogen and oxygen atoms in total. The van der Waals surface area contributed by atoms with Crippen LogP contribution in [-0.2, 0) is 0 Å². The number of hydrogen-bond acceptors (Lipinski definition) is 2. The van der Waals surface area contributed by atoms with E-state index in [0.29, 0.717) is 6.07 Å². The summed E-state index contributed by atoms with van der Waals surface area (Å²) in [6.45, 7) is 0. The Morgan fingerprint density at radius 1 is 1.19 bits per heavy atom. The minimum atomic E-state index is -4.99. The fourth-order valence-electron chi connectivity index (χ4n) is 1.03. The van der Waals surface area contributed by atoms with Gasteiger partial charge in [-0.3, -0.25) is 4.79 Å². The molecule has 0 aliphatic carbocycles. The lowest BCUT2D eigenvalue weighted by Crippen LogP contribution is -2.17. The van der Waals surface area contributed by atoms with Gasteiger partial charge in [0.2, 0.25) is 0 Å². The summed E-state index contributed by atoms with van der Waals surface area (Å²) in [7, 11) is 0. The summed E-state index contributed by atoms with van der Waals surface area (Å²) >= 11 is 0. The normalized spacial score (nSPS) is 11.6. The van der Waals surface area contributed by atoms with E-state index in [9.17, 15) is 26.7 Å². The van der Waals surface area contributed by atoms with E-state index in [0.717, 1.165) is 12.1 Å². The number of benzene rings is 1. The number of halogens is 5. The molecule has 0 fully saturated rings. The average molecular weight is 240 g/mol. The Bertz CT molecular complexity index is 386. The van der Waals surface area contributed by atoms with Gasteiger partial charge in [0, 0.05) is 11.1 Å². The van der Waals surface area contributed by atoms with E-state index in [1.807, 2.05) is 0 Å². The molecule has 0 aliphatic heterocycles. The molecule has 1 aromatic rings. The summed E-state index contributed by atoms with van der Waals surface area (Å²) in [5, 5.41) is 0. The largest absolute Gasteiger partial charge is 0.573 e. The van der Waals surface area contributed by atoms with Gasteiger partial charge in [-0.05, 0) is 18.2 Å². The molecule has 1 aromatic carbocycles. The number of ether oxygens (including phenoxy) is 1. The van der Waals surface area contributed by atoms with E-state index in [1.165, 1.54) is 0 Å². The topological polar surface area (TPSA) is 26.3 Å². The molecule has 7 heteroatoms. The Balaban J connectivity index is 3.09. The number of carbonyl (C=O) groups is 1. The molecule has 0 heterocycles. The SMILES string of the molecule is O=Cc1cc(OC(F)(F)F)cc(C(F)F)c1. The fourth-order valence-corrected chi connectivity index (χ4v) is 1.03. The van der Waals surface area contributed by atoms with E-state index < -0.39 is 24.1 Å². The summed E-state index contributed by atoms with van der Waals surface area (Å²) in [6.07, 6.45) is -7.80. The van der Waals surface area contributed by atoms with Gasteiger partial charge in [-0.15, -0.1) is 13.2 Å². The van der Waals surface area contributed by atoms with E-state index in [4.69, 9.17) is 0 Å². The first-order valence-electron chi connectivity index (χ1n) is 3.96. The van der Waals surface area contributed by atoms with Crippen LogP contribution in [0.2, 0.25) is 0 Å². The number of aldehydes is 1. The monoisotopic (exact) mass is 240 g/mol. The van der Waals surface area contributed by atoms with Gasteiger partial charge in [-0.1, -0.05) is 0 Å². The molecule has 88 valence electrons. The highest BCUT2D eigenvalue weighted by molar-refractivity contribution is 5.76. The molecule has 0 bridgehead atoms. The zero-order valence-corrected chi connectivity index (χ0v) is 7.59. The van der Waals surface area contributed by atoms with Crippen molar-refractivity contribution in [3.63, 3.8) is 0 Å². The summed E-state index contributed by atoms with van der Waals surface area (Å²) in [5.41, 5.74) is -1.01. The maximum Gasteiger partial charge on any atom is 0.573 e. The van der Waals surface area contributed by atoms with Crippen LogP contribution in [0, 0.1) is 0 Å². The van der Waals surface area contributed by atoms with E-state index >= 15 is 0 Å². The molecular weight excluding hydrogens is 235 g/mol. The molecule has 0 unspecified atom stereocenters. The first kappa shape index (κ1) is 12.4. The van der Waals surface area contributed by atoms with Crippen molar-refractivity contribution in [3.8, 4) is 5.75 Å². The maximum absolute atomic E-state index is 12.2. The number of carbonyl (C=O) groups excluding carboxylic acids is 1. The van der Waals surface area contributed by atoms with E-state index in [2.05, 4.69) is 4.74 Å². The van der Waals surface area contributed by atoms with Gasteiger partial charge in [-0.2, -0.15) is 0 Å². The predicted octanol–water partition coefficient (Wildman–Crippen LogP) is 3.34. The first-order valence-corrected chi connectivity index (χ1v) is 3.96. The lowest BCUT2D eigenvalue weighted by molar-refractivity contribution is -0.274. The molecule has 0 atom stereocenters. The van der Waals surface area contributed by atoms with Crippen LogP contribution in [-0.4, -0.2) is 12.6 Å². The summed E-state index contributed by atoms with van der Waals surface area (Å²) in [6, 6.07) is 2.05. The maximum atomic E-state index is 12.2. The second-order valence-corrected chi connectivity index (χ2v) is 2.80. The Kier molecular flexibility index (Phi) is 3.46. The Morgan fingerprint density at radius 3 is 2.25 bits per heavy atom. The Morgan fingerprint density at radius 2 is 1.81 bits per heavy atom. The Hall–Kier alpha value is -1.66. The van der Waals surface area contributed by atoms with Crippen molar-refractivity contribution in [2.45, 2.75) is 12.8 Å². The molecular formula is C9H5F5O2. The standard InChI is InChI=1S/C9H5F5O2/c10-8(11)6-1-5(4-15)2-7(3-6)16-9(12,13)14/h1-4,8H. The highest BCUT2D eigenvalue weighted by Crippen LogP contribution is 2.28. The van der Waals surface area contributed by atoms with Crippen molar-refractivity contribution in [1.82, 2.24) is 0 Å². The number of rotatable bonds is 3. The number of alkyl halides is 5. The second-order valence-electron chi connectivity index (χ2n) is 2.80. The first-order chi connectivity index (χ1) is 7.31. The zero-order valence-electron chi connectivity index (χ0n) is 7.59.